The molecule has 0 spiro atoms. The molecule has 0 atom stereocenters. The van der Waals surface area contributed by atoms with Gasteiger partial charge in [-0.2, -0.15) is 0 Å². The Labute approximate surface area is 138 Å². The Kier molecular flexibility index (Phi) is 5.38. The lowest BCUT2D eigenvalue weighted by Gasteiger charge is -2.39. The van der Waals surface area contributed by atoms with Crippen molar-refractivity contribution in [1.29, 1.82) is 0 Å². The van der Waals surface area contributed by atoms with Gasteiger partial charge in [-0.05, 0) is 43.7 Å². The lowest BCUT2D eigenvalue weighted by Crippen LogP contribution is -2.52. The maximum atomic E-state index is 12.5. The van der Waals surface area contributed by atoms with Gasteiger partial charge >= 0.3 is 0 Å². The first-order chi connectivity index (χ1) is 9.47. The highest BCUT2D eigenvalue weighted by molar-refractivity contribution is 9.09. The fraction of sp³-hybridized carbons (Fsp3) is 0.533. The molecule has 1 amide bonds. The van der Waals surface area contributed by atoms with Crippen LogP contribution in [0.25, 0.3) is 0 Å². The second-order valence-corrected chi connectivity index (χ2v) is 7.00. The van der Waals surface area contributed by atoms with Gasteiger partial charge in [-0.25, -0.2) is 0 Å². The molecule has 1 aliphatic carbocycles. The zero-order chi connectivity index (χ0) is 14.8. The van der Waals surface area contributed by atoms with Gasteiger partial charge in [-0.1, -0.05) is 52.1 Å². The molecule has 1 aromatic carbocycles. The molecule has 2 rings (SSSR count). The minimum atomic E-state index is -0.171. The molecule has 1 aliphatic rings. The molecule has 5 heteroatoms. The molecular formula is C15H18BrCl2NO. The van der Waals surface area contributed by atoms with Crippen molar-refractivity contribution in [2.75, 3.05) is 5.33 Å². The van der Waals surface area contributed by atoms with Crippen LogP contribution in [0.2, 0.25) is 10.0 Å². The van der Waals surface area contributed by atoms with Gasteiger partial charge in [0.25, 0.3) is 5.91 Å². The van der Waals surface area contributed by atoms with E-state index < -0.39 is 0 Å². The average molecular weight is 379 g/mol. The van der Waals surface area contributed by atoms with Crippen LogP contribution in [0.4, 0.5) is 0 Å². The third-order valence-corrected chi connectivity index (χ3v) is 5.95. The molecule has 0 saturated heterocycles. The van der Waals surface area contributed by atoms with Crippen molar-refractivity contribution >= 4 is 45.0 Å². The van der Waals surface area contributed by atoms with Crippen molar-refractivity contribution in [3.05, 3.63) is 33.8 Å². The third kappa shape index (κ3) is 3.49. The van der Waals surface area contributed by atoms with Crippen LogP contribution in [0.15, 0.2) is 18.2 Å². The molecule has 0 radical (unpaired) electrons. The highest BCUT2D eigenvalue weighted by Gasteiger charge is 2.35. The maximum Gasteiger partial charge on any atom is 0.253 e. The first-order valence-corrected chi connectivity index (χ1v) is 8.68. The van der Waals surface area contributed by atoms with E-state index in [1.807, 2.05) is 0 Å². The van der Waals surface area contributed by atoms with E-state index in [1.165, 1.54) is 0 Å². The average Bonchev–Trinajstić information content (AvgIpc) is 2.44. The lowest BCUT2D eigenvalue weighted by molar-refractivity contribution is 0.0874. The summed E-state index contributed by atoms with van der Waals surface area (Å²) in [5, 5.41) is 4.65. The van der Waals surface area contributed by atoms with E-state index >= 15 is 0 Å². The second kappa shape index (κ2) is 6.67. The first kappa shape index (κ1) is 16.1. The molecule has 0 aliphatic heterocycles. The van der Waals surface area contributed by atoms with E-state index in [4.69, 9.17) is 23.2 Å². The predicted molar refractivity (Wildman–Crippen MR) is 88.1 cm³/mol. The molecule has 1 saturated carbocycles. The maximum absolute atomic E-state index is 12.5. The van der Waals surface area contributed by atoms with E-state index in [0.717, 1.165) is 36.9 Å². The minimum absolute atomic E-state index is 0.147. The summed E-state index contributed by atoms with van der Waals surface area (Å²) in [5.41, 5.74) is 0.271. The van der Waals surface area contributed by atoms with E-state index in [1.54, 1.807) is 18.2 Å². The molecule has 1 N–H and O–H groups in total. The molecular weight excluding hydrogens is 361 g/mol. The van der Waals surface area contributed by atoms with Crippen molar-refractivity contribution in [2.24, 2.45) is 5.92 Å². The topological polar surface area (TPSA) is 29.1 Å². The summed E-state index contributed by atoms with van der Waals surface area (Å²) in [5.74, 6) is 0.584. The zero-order valence-corrected chi connectivity index (χ0v) is 14.5. The number of hydrogen-bond acceptors (Lipinski definition) is 1. The monoisotopic (exact) mass is 377 g/mol. The Hall–Kier alpha value is -0.250. The number of halogens is 3. The predicted octanol–water partition coefficient (Wildman–Crippen LogP) is 5.07. The Balaban J connectivity index is 2.15. The van der Waals surface area contributed by atoms with E-state index in [0.29, 0.717) is 15.6 Å². The van der Waals surface area contributed by atoms with E-state index in [2.05, 4.69) is 28.2 Å². The fourth-order valence-corrected chi connectivity index (χ4v) is 3.68. The second-order valence-electron chi connectivity index (χ2n) is 5.65. The summed E-state index contributed by atoms with van der Waals surface area (Å²) >= 11 is 15.6. The quantitative estimate of drug-likeness (QED) is 0.731. The summed E-state index contributed by atoms with van der Waals surface area (Å²) in [7, 11) is 0. The standard InChI is InChI=1S/C15H18BrCl2NO/c1-10-5-7-15(9-16,8-6-10)19-14(20)11-3-2-4-12(17)13(11)18/h2-4,10H,5-9H2,1H3,(H,19,20). The Morgan fingerprint density at radius 2 is 2.05 bits per heavy atom. The van der Waals surface area contributed by atoms with E-state index in [-0.39, 0.29) is 11.4 Å². The summed E-state index contributed by atoms with van der Waals surface area (Å²) in [6.07, 6.45) is 4.25. The summed E-state index contributed by atoms with van der Waals surface area (Å²) < 4.78 is 0. The minimum Gasteiger partial charge on any atom is -0.346 e. The number of benzene rings is 1. The van der Waals surface area contributed by atoms with E-state index in [9.17, 15) is 4.79 Å². The van der Waals surface area contributed by atoms with Crippen LogP contribution in [-0.4, -0.2) is 16.8 Å². The highest BCUT2D eigenvalue weighted by Crippen LogP contribution is 2.34. The van der Waals surface area contributed by atoms with Crippen LogP contribution in [-0.2, 0) is 0 Å². The molecule has 2 nitrogen and oxygen atoms in total. The van der Waals surface area contributed by atoms with Crippen molar-refractivity contribution in [3.63, 3.8) is 0 Å². The van der Waals surface area contributed by atoms with Crippen molar-refractivity contribution in [1.82, 2.24) is 5.32 Å². The molecule has 0 unspecified atom stereocenters. The number of carbonyl (C=O) groups excluding carboxylic acids is 1. The van der Waals surface area contributed by atoms with Crippen LogP contribution >= 0.6 is 39.1 Å². The summed E-state index contributed by atoms with van der Waals surface area (Å²) in [4.78, 5) is 12.5. The van der Waals surface area contributed by atoms with Crippen LogP contribution in [0, 0.1) is 5.92 Å². The fourth-order valence-electron chi connectivity index (χ4n) is 2.59. The molecule has 1 aromatic rings. The molecule has 0 bridgehead atoms. The molecule has 110 valence electrons. The Bertz CT molecular complexity index is 499. The molecule has 1 fully saturated rings. The smallest absolute Gasteiger partial charge is 0.253 e. The van der Waals surface area contributed by atoms with Crippen LogP contribution in [0.3, 0.4) is 0 Å². The largest absolute Gasteiger partial charge is 0.346 e. The van der Waals surface area contributed by atoms with Crippen molar-refractivity contribution < 1.29 is 4.79 Å². The van der Waals surface area contributed by atoms with Gasteiger partial charge in [0, 0.05) is 5.33 Å². The SMILES string of the molecule is CC1CCC(CBr)(NC(=O)c2cccc(Cl)c2Cl)CC1. The number of amides is 1. The number of hydrogen-bond donors (Lipinski definition) is 1. The van der Waals surface area contributed by atoms with Gasteiger partial charge < -0.3 is 5.32 Å². The summed E-state index contributed by atoms with van der Waals surface area (Å²) in [6.45, 7) is 2.26. The molecule has 0 aromatic heterocycles. The van der Waals surface area contributed by atoms with Gasteiger partial charge in [0.1, 0.15) is 0 Å². The Morgan fingerprint density at radius 1 is 1.40 bits per heavy atom. The van der Waals surface area contributed by atoms with Crippen molar-refractivity contribution in [2.45, 2.75) is 38.1 Å². The lowest BCUT2D eigenvalue weighted by atomic mass is 9.78. The zero-order valence-electron chi connectivity index (χ0n) is 11.4. The van der Waals surface area contributed by atoms with Crippen LogP contribution in [0.1, 0.15) is 43.0 Å². The first-order valence-electron chi connectivity index (χ1n) is 6.80. The van der Waals surface area contributed by atoms with Gasteiger partial charge in [0.05, 0.1) is 21.1 Å². The third-order valence-electron chi connectivity index (χ3n) is 4.06. The van der Waals surface area contributed by atoms with Crippen LogP contribution < -0.4 is 5.32 Å². The van der Waals surface area contributed by atoms with Gasteiger partial charge in [0.15, 0.2) is 0 Å². The number of alkyl halides is 1. The number of rotatable bonds is 3. The van der Waals surface area contributed by atoms with Gasteiger partial charge in [-0.15, -0.1) is 0 Å². The number of carbonyl (C=O) groups is 1. The van der Waals surface area contributed by atoms with Gasteiger partial charge in [-0.3, -0.25) is 4.79 Å². The molecule has 20 heavy (non-hydrogen) atoms. The Morgan fingerprint density at radius 3 is 2.65 bits per heavy atom. The van der Waals surface area contributed by atoms with Gasteiger partial charge in [0.2, 0.25) is 0 Å². The van der Waals surface area contributed by atoms with Crippen molar-refractivity contribution in [3.8, 4) is 0 Å². The number of nitrogens with one attached hydrogen (secondary N) is 1. The molecule has 0 heterocycles. The van der Waals surface area contributed by atoms with Crippen LogP contribution in [0.5, 0.6) is 0 Å². The summed E-state index contributed by atoms with van der Waals surface area (Å²) in [6, 6.07) is 5.13. The highest BCUT2D eigenvalue weighted by atomic mass is 79.9. The normalized spacial score (nSPS) is 26.3.